The number of rotatable bonds is 3. The summed E-state index contributed by atoms with van der Waals surface area (Å²) in [6, 6.07) is 7.47. The second-order valence-electron chi connectivity index (χ2n) is 6.32. The quantitative estimate of drug-likeness (QED) is 0.905. The van der Waals surface area contributed by atoms with Crippen LogP contribution >= 0.6 is 0 Å². The average molecular weight is 274 g/mol. The lowest BCUT2D eigenvalue weighted by Crippen LogP contribution is -2.46. The number of likely N-dealkylation sites (tertiary alicyclic amines) is 2. The van der Waals surface area contributed by atoms with Gasteiger partial charge in [0.15, 0.2) is 0 Å². The molecule has 2 aliphatic heterocycles. The summed E-state index contributed by atoms with van der Waals surface area (Å²) in [4.78, 5) is 9.80. The van der Waals surface area contributed by atoms with Crippen LogP contribution in [-0.2, 0) is 6.54 Å². The molecule has 0 aliphatic carbocycles. The summed E-state index contributed by atoms with van der Waals surface area (Å²) >= 11 is 0. The summed E-state index contributed by atoms with van der Waals surface area (Å²) in [5.41, 5.74) is 8.31. The molecule has 4 heteroatoms. The van der Waals surface area contributed by atoms with Gasteiger partial charge in [-0.3, -0.25) is 14.8 Å². The smallest absolute Gasteiger partial charge is 0.0547 e. The van der Waals surface area contributed by atoms with Crippen molar-refractivity contribution >= 4 is 0 Å². The first-order valence-electron chi connectivity index (χ1n) is 7.85. The molecule has 0 radical (unpaired) electrons. The minimum absolute atomic E-state index is 0.431. The average Bonchev–Trinajstić information content (AvgIpc) is 2.88. The zero-order chi connectivity index (χ0) is 13.9. The molecule has 3 heterocycles. The molecule has 1 unspecified atom stereocenters. The van der Waals surface area contributed by atoms with Crippen molar-refractivity contribution in [3.63, 3.8) is 0 Å². The maximum Gasteiger partial charge on any atom is 0.0547 e. The third-order valence-electron chi connectivity index (χ3n) is 4.67. The Hall–Kier alpha value is -0.970. The molecule has 0 aromatic carbocycles. The molecule has 110 valence electrons. The predicted molar refractivity (Wildman–Crippen MR) is 81.4 cm³/mol. The van der Waals surface area contributed by atoms with E-state index >= 15 is 0 Å². The van der Waals surface area contributed by atoms with Gasteiger partial charge >= 0.3 is 0 Å². The molecule has 1 atom stereocenters. The number of hydrogen-bond donors (Lipinski definition) is 1. The molecule has 0 bridgehead atoms. The Bertz CT molecular complexity index is 440. The van der Waals surface area contributed by atoms with Crippen molar-refractivity contribution < 1.29 is 0 Å². The van der Waals surface area contributed by atoms with Gasteiger partial charge in [-0.25, -0.2) is 0 Å². The van der Waals surface area contributed by atoms with Crippen molar-refractivity contribution in [2.24, 2.45) is 5.73 Å². The van der Waals surface area contributed by atoms with Crippen LogP contribution in [-0.4, -0.2) is 53.0 Å². The van der Waals surface area contributed by atoms with Crippen molar-refractivity contribution in [1.82, 2.24) is 14.8 Å². The molecule has 3 rings (SSSR count). The lowest BCUT2D eigenvalue weighted by molar-refractivity contribution is 0.151. The maximum absolute atomic E-state index is 5.99. The van der Waals surface area contributed by atoms with Crippen molar-refractivity contribution in [3.8, 4) is 0 Å². The molecule has 2 saturated heterocycles. The molecule has 1 aromatic rings. The number of pyridine rings is 1. The molecule has 2 aliphatic rings. The van der Waals surface area contributed by atoms with E-state index in [0.29, 0.717) is 6.04 Å². The normalized spacial score (nSPS) is 26.2. The van der Waals surface area contributed by atoms with E-state index in [9.17, 15) is 0 Å². The van der Waals surface area contributed by atoms with Crippen LogP contribution in [0.2, 0.25) is 0 Å². The van der Waals surface area contributed by atoms with Gasteiger partial charge in [-0.2, -0.15) is 0 Å². The highest BCUT2D eigenvalue weighted by atomic mass is 15.3. The van der Waals surface area contributed by atoms with E-state index in [1.807, 2.05) is 0 Å². The Labute approximate surface area is 122 Å². The first kappa shape index (κ1) is 14.0. The molecule has 1 aromatic heterocycles. The van der Waals surface area contributed by atoms with E-state index in [0.717, 1.165) is 31.1 Å². The second-order valence-corrected chi connectivity index (χ2v) is 6.32. The second kappa shape index (κ2) is 6.20. The van der Waals surface area contributed by atoms with Gasteiger partial charge in [0.25, 0.3) is 0 Å². The summed E-state index contributed by atoms with van der Waals surface area (Å²) in [6.07, 6.45) is 3.62. The Balaban J connectivity index is 1.52. The van der Waals surface area contributed by atoms with Crippen LogP contribution in [0, 0.1) is 6.92 Å². The van der Waals surface area contributed by atoms with Crippen LogP contribution < -0.4 is 5.73 Å². The SMILES string of the molecule is Cc1cccc(CN2CCC(N3CCC(N)CC3)C2)n1. The number of nitrogens with two attached hydrogens (primary N) is 1. The molecule has 4 nitrogen and oxygen atoms in total. The largest absolute Gasteiger partial charge is 0.328 e. The Morgan fingerprint density at radius 2 is 2.00 bits per heavy atom. The summed E-state index contributed by atoms with van der Waals surface area (Å²) < 4.78 is 0. The molecular weight excluding hydrogens is 248 g/mol. The van der Waals surface area contributed by atoms with Crippen molar-refractivity contribution in [2.45, 2.75) is 44.8 Å². The fraction of sp³-hybridized carbons (Fsp3) is 0.688. The summed E-state index contributed by atoms with van der Waals surface area (Å²) in [6.45, 7) is 7.80. The molecule has 0 amide bonds. The third-order valence-corrected chi connectivity index (χ3v) is 4.67. The van der Waals surface area contributed by atoms with Gasteiger partial charge in [0.1, 0.15) is 0 Å². The Kier molecular flexibility index (Phi) is 4.34. The Morgan fingerprint density at radius 1 is 1.20 bits per heavy atom. The fourth-order valence-corrected chi connectivity index (χ4v) is 3.46. The van der Waals surface area contributed by atoms with Crippen LogP contribution in [0.3, 0.4) is 0 Å². The van der Waals surface area contributed by atoms with E-state index in [1.165, 1.54) is 38.3 Å². The van der Waals surface area contributed by atoms with Gasteiger partial charge in [-0.15, -0.1) is 0 Å². The zero-order valence-electron chi connectivity index (χ0n) is 12.5. The fourth-order valence-electron chi connectivity index (χ4n) is 3.46. The highest BCUT2D eigenvalue weighted by Gasteiger charge is 2.29. The maximum atomic E-state index is 5.99. The van der Waals surface area contributed by atoms with Crippen molar-refractivity contribution in [1.29, 1.82) is 0 Å². The third kappa shape index (κ3) is 3.37. The number of hydrogen-bond acceptors (Lipinski definition) is 4. The standard InChI is InChI=1S/C16H26N4/c1-13-3-2-4-15(18-13)11-19-8-7-16(12-19)20-9-5-14(17)6-10-20/h2-4,14,16H,5-12,17H2,1H3. The van der Waals surface area contributed by atoms with E-state index in [4.69, 9.17) is 5.73 Å². The molecule has 2 N–H and O–H groups in total. The first-order valence-corrected chi connectivity index (χ1v) is 7.85. The number of aromatic nitrogens is 1. The lowest BCUT2D eigenvalue weighted by atomic mass is 10.0. The van der Waals surface area contributed by atoms with Gasteiger partial charge in [0, 0.05) is 37.4 Å². The molecular formula is C16H26N4. The minimum atomic E-state index is 0.431. The zero-order valence-corrected chi connectivity index (χ0v) is 12.5. The van der Waals surface area contributed by atoms with Crippen LogP contribution in [0.25, 0.3) is 0 Å². The van der Waals surface area contributed by atoms with Gasteiger partial charge in [-0.1, -0.05) is 6.07 Å². The van der Waals surface area contributed by atoms with Gasteiger partial charge in [0.2, 0.25) is 0 Å². The number of piperidine rings is 1. The van der Waals surface area contributed by atoms with Crippen LogP contribution in [0.15, 0.2) is 18.2 Å². The highest BCUT2D eigenvalue weighted by Crippen LogP contribution is 2.21. The first-order chi connectivity index (χ1) is 9.70. The number of aryl methyl sites for hydroxylation is 1. The van der Waals surface area contributed by atoms with Gasteiger partial charge in [0.05, 0.1) is 5.69 Å². The summed E-state index contributed by atoms with van der Waals surface area (Å²) in [5, 5.41) is 0. The summed E-state index contributed by atoms with van der Waals surface area (Å²) in [7, 11) is 0. The predicted octanol–water partition coefficient (Wildman–Crippen LogP) is 1.39. The van der Waals surface area contributed by atoms with E-state index < -0.39 is 0 Å². The van der Waals surface area contributed by atoms with Crippen LogP contribution in [0.1, 0.15) is 30.7 Å². The Morgan fingerprint density at radius 3 is 2.75 bits per heavy atom. The minimum Gasteiger partial charge on any atom is -0.328 e. The molecule has 20 heavy (non-hydrogen) atoms. The van der Waals surface area contributed by atoms with E-state index in [-0.39, 0.29) is 0 Å². The lowest BCUT2D eigenvalue weighted by Gasteiger charge is -2.34. The van der Waals surface area contributed by atoms with Crippen molar-refractivity contribution in [3.05, 3.63) is 29.6 Å². The van der Waals surface area contributed by atoms with Crippen molar-refractivity contribution in [2.75, 3.05) is 26.2 Å². The topological polar surface area (TPSA) is 45.4 Å². The number of nitrogens with zero attached hydrogens (tertiary/aromatic N) is 3. The molecule has 0 saturated carbocycles. The van der Waals surface area contributed by atoms with Gasteiger partial charge < -0.3 is 5.73 Å². The monoisotopic (exact) mass is 274 g/mol. The van der Waals surface area contributed by atoms with E-state index in [2.05, 4.69) is 39.9 Å². The molecule has 0 spiro atoms. The van der Waals surface area contributed by atoms with E-state index in [1.54, 1.807) is 0 Å². The van der Waals surface area contributed by atoms with Crippen LogP contribution in [0.5, 0.6) is 0 Å². The van der Waals surface area contributed by atoms with Gasteiger partial charge in [-0.05, 0) is 51.4 Å². The highest BCUT2D eigenvalue weighted by molar-refractivity contribution is 5.10. The molecule has 2 fully saturated rings. The summed E-state index contributed by atoms with van der Waals surface area (Å²) in [5.74, 6) is 0. The van der Waals surface area contributed by atoms with Crippen LogP contribution in [0.4, 0.5) is 0 Å².